The van der Waals surface area contributed by atoms with Gasteiger partial charge in [0.15, 0.2) is 6.61 Å². The van der Waals surface area contributed by atoms with Gasteiger partial charge < -0.3 is 10.5 Å². The Balaban J connectivity index is 2.07. The van der Waals surface area contributed by atoms with Crippen molar-refractivity contribution in [3.8, 4) is 5.75 Å². The van der Waals surface area contributed by atoms with Gasteiger partial charge in [-0.25, -0.2) is 4.79 Å². The van der Waals surface area contributed by atoms with Crippen molar-refractivity contribution >= 4 is 38.6 Å². The van der Waals surface area contributed by atoms with E-state index in [9.17, 15) is 9.59 Å². The van der Waals surface area contributed by atoms with Crippen LogP contribution in [0, 0.1) is 0 Å². The number of imide groups is 1. The molecule has 0 aliphatic rings. The fourth-order valence-corrected chi connectivity index (χ4v) is 1.99. The van der Waals surface area contributed by atoms with Crippen LogP contribution in [-0.4, -0.2) is 18.5 Å². The molecule has 0 bridgehead atoms. The summed E-state index contributed by atoms with van der Waals surface area (Å²) in [5.74, 6) is -0.0298. The summed E-state index contributed by atoms with van der Waals surface area (Å²) in [6.45, 7) is -0.259. The van der Waals surface area contributed by atoms with E-state index < -0.39 is 11.9 Å². The first-order chi connectivity index (χ1) is 9.04. The predicted octanol–water partition coefficient (Wildman–Crippen LogP) is 2.18. The van der Waals surface area contributed by atoms with E-state index in [0.717, 1.165) is 15.2 Å². The number of carbonyl (C=O) groups excluding carboxylic acids is 2. The summed E-state index contributed by atoms with van der Waals surface area (Å²) in [6.07, 6.45) is 0. The van der Waals surface area contributed by atoms with E-state index in [1.54, 1.807) is 6.07 Å². The Hall–Kier alpha value is -2.08. The fraction of sp³-hybridized carbons (Fsp3) is 0.0769. The van der Waals surface area contributed by atoms with Gasteiger partial charge in [0.05, 0.1) is 0 Å². The first kappa shape index (κ1) is 13.4. The zero-order valence-corrected chi connectivity index (χ0v) is 11.4. The molecule has 0 atom stereocenters. The van der Waals surface area contributed by atoms with Gasteiger partial charge in [-0.3, -0.25) is 10.1 Å². The number of hydrogen-bond acceptors (Lipinski definition) is 3. The van der Waals surface area contributed by atoms with Crippen LogP contribution >= 0.6 is 15.9 Å². The number of hydrogen-bond donors (Lipinski definition) is 2. The number of carbonyl (C=O) groups is 2. The minimum atomic E-state index is -0.892. The van der Waals surface area contributed by atoms with E-state index in [1.165, 1.54) is 0 Å². The largest absolute Gasteiger partial charge is 0.484 e. The first-order valence-corrected chi connectivity index (χ1v) is 6.25. The maximum Gasteiger partial charge on any atom is 0.318 e. The third-order valence-electron chi connectivity index (χ3n) is 2.41. The molecular weight excluding hydrogens is 312 g/mol. The van der Waals surface area contributed by atoms with Crippen LogP contribution in [0.1, 0.15) is 0 Å². The molecule has 0 aliphatic heterocycles. The SMILES string of the molecule is NC(=O)NC(=O)COc1ccc2cc(Br)ccc2c1. The van der Waals surface area contributed by atoms with Crippen LogP contribution in [0.5, 0.6) is 5.75 Å². The Morgan fingerprint density at radius 2 is 1.84 bits per heavy atom. The predicted molar refractivity (Wildman–Crippen MR) is 74.9 cm³/mol. The number of primary amides is 1. The standard InChI is InChI=1S/C13H11BrN2O3/c14-10-3-1-9-6-11(4-2-8(9)5-10)19-7-12(17)16-13(15)18/h1-6H,7H2,(H3,15,16,17,18). The van der Waals surface area contributed by atoms with Crippen LogP contribution < -0.4 is 15.8 Å². The average Bonchev–Trinajstić information content (AvgIpc) is 2.35. The van der Waals surface area contributed by atoms with E-state index >= 15 is 0 Å². The molecule has 3 N–H and O–H groups in total. The number of nitrogens with one attached hydrogen (secondary N) is 1. The lowest BCUT2D eigenvalue weighted by molar-refractivity contribution is -0.121. The summed E-state index contributed by atoms with van der Waals surface area (Å²) < 4.78 is 6.27. The number of halogens is 1. The molecule has 0 saturated carbocycles. The smallest absolute Gasteiger partial charge is 0.318 e. The molecule has 2 aromatic carbocycles. The molecule has 2 aromatic rings. The van der Waals surface area contributed by atoms with Crippen LogP contribution in [0.3, 0.4) is 0 Å². The van der Waals surface area contributed by atoms with E-state index in [4.69, 9.17) is 10.5 Å². The van der Waals surface area contributed by atoms with E-state index in [1.807, 2.05) is 35.6 Å². The average molecular weight is 323 g/mol. The molecule has 0 aromatic heterocycles. The molecule has 98 valence electrons. The van der Waals surface area contributed by atoms with Gasteiger partial charge in [-0.2, -0.15) is 0 Å². The van der Waals surface area contributed by atoms with Crippen LogP contribution in [0.15, 0.2) is 40.9 Å². The van der Waals surface area contributed by atoms with Crippen molar-refractivity contribution in [2.45, 2.75) is 0 Å². The molecule has 0 spiro atoms. The number of amides is 3. The van der Waals surface area contributed by atoms with Gasteiger partial charge >= 0.3 is 6.03 Å². The van der Waals surface area contributed by atoms with Crippen LogP contribution in [0.4, 0.5) is 4.79 Å². The van der Waals surface area contributed by atoms with Crippen LogP contribution in [0.25, 0.3) is 10.8 Å². The van der Waals surface area contributed by atoms with Gasteiger partial charge in [0.25, 0.3) is 5.91 Å². The summed E-state index contributed by atoms with van der Waals surface area (Å²) in [5, 5.41) is 3.98. The fourth-order valence-electron chi connectivity index (χ4n) is 1.61. The molecule has 0 radical (unpaired) electrons. The van der Waals surface area contributed by atoms with E-state index in [0.29, 0.717) is 5.75 Å². The number of urea groups is 1. The molecule has 2 rings (SSSR count). The molecule has 0 fully saturated rings. The van der Waals surface area contributed by atoms with E-state index in [-0.39, 0.29) is 6.61 Å². The van der Waals surface area contributed by atoms with Crippen molar-refractivity contribution in [3.05, 3.63) is 40.9 Å². The first-order valence-electron chi connectivity index (χ1n) is 5.46. The van der Waals surface area contributed by atoms with Crippen molar-refractivity contribution in [2.24, 2.45) is 5.73 Å². The maximum atomic E-state index is 11.2. The van der Waals surface area contributed by atoms with Crippen molar-refractivity contribution in [1.29, 1.82) is 0 Å². The molecule has 5 nitrogen and oxygen atoms in total. The van der Waals surface area contributed by atoms with Crippen molar-refractivity contribution in [1.82, 2.24) is 5.32 Å². The summed E-state index contributed by atoms with van der Waals surface area (Å²) >= 11 is 3.40. The van der Waals surface area contributed by atoms with E-state index in [2.05, 4.69) is 15.9 Å². The monoisotopic (exact) mass is 322 g/mol. The van der Waals surface area contributed by atoms with Gasteiger partial charge in [0.1, 0.15) is 5.75 Å². The molecule has 0 saturated heterocycles. The normalized spacial score (nSPS) is 10.2. The zero-order valence-electron chi connectivity index (χ0n) is 9.85. The number of ether oxygens (including phenoxy) is 1. The molecule has 0 unspecified atom stereocenters. The van der Waals surface area contributed by atoms with Crippen molar-refractivity contribution < 1.29 is 14.3 Å². The van der Waals surface area contributed by atoms with Gasteiger partial charge in [-0.15, -0.1) is 0 Å². The highest BCUT2D eigenvalue weighted by Gasteiger charge is 2.05. The zero-order chi connectivity index (χ0) is 13.8. The summed E-state index contributed by atoms with van der Waals surface area (Å²) in [4.78, 5) is 21.6. The van der Waals surface area contributed by atoms with Crippen LogP contribution in [0.2, 0.25) is 0 Å². The Labute approximate surface area is 117 Å². The lowest BCUT2D eigenvalue weighted by Gasteiger charge is -2.07. The molecule has 0 aliphatic carbocycles. The summed E-state index contributed by atoms with van der Waals surface area (Å²) in [5.41, 5.74) is 4.82. The highest BCUT2D eigenvalue weighted by molar-refractivity contribution is 9.10. The Morgan fingerprint density at radius 3 is 2.58 bits per heavy atom. The second-order valence-corrected chi connectivity index (χ2v) is 4.77. The third-order valence-corrected chi connectivity index (χ3v) is 2.90. The quantitative estimate of drug-likeness (QED) is 0.908. The highest BCUT2D eigenvalue weighted by Crippen LogP contribution is 2.23. The van der Waals surface area contributed by atoms with Crippen LogP contribution in [-0.2, 0) is 4.79 Å². The molecular formula is C13H11BrN2O3. The van der Waals surface area contributed by atoms with Crippen molar-refractivity contribution in [3.63, 3.8) is 0 Å². The van der Waals surface area contributed by atoms with Gasteiger partial charge in [-0.1, -0.05) is 28.1 Å². The Morgan fingerprint density at radius 1 is 1.16 bits per heavy atom. The molecule has 3 amide bonds. The Kier molecular flexibility index (Phi) is 4.01. The second kappa shape index (κ2) is 5.71. The number of rotatable bonds is 3. The van der Waals surface area contributed by atoms with Crippen molar-refractivity contribution in [2.75, 3.05) is 6.61 Å². The lowest BCUT2D eigenvalue weighted by Crippen LogP contribution is -2.38. The second-order valence-electron chi connectivity index (χ2n) is 3.85. The van der Waals surface area contributed by atoms with Gasteiger partial charge in [0, 0.05) is 4.47 Å². The number of fused-ring (bicyclic) bond motifs is 1. The summed E-state index contributed by atoms with van der Waals surface area (Å²) in [6, 6.07) is 10.4. The highest BCUT2D eigenvalue weighted by atomic mass is 79.9. The van der Waals surface area contributed by atoms with Gasteiger partial charge in [-0.05, 0) is 35.0 Å². The molecule has 0 heterocycles. The number of nitrogens with two attached hydrogens (primary N) is 1. The lowest BCUT2D eigenvalue weighted by atomic mass is 10.1. The minimum absolute atomic E-state index is 0.259. The van der Waals surface area contributed by atoms with Gasteiger partial charge in [0.2, 0.25) is 0 Å². The molecule has 6 heteroatoms. The topological polar surface area (TPSA) is 81.4 Å². The minimum Gasteiger partial charge on any atom is -0.484 e. The Bertz CT molecular complexity index is 643. The summed E-state index contributed by atoms with van der Waals surface area (Å²) in [7, 11) is 0. The maximum absolute atomic E-state index is 11.2. The number of benzene rings is 2. The molecule has 19 heavy (non-hydrogen) atoms. The third kappa shape index (κ3) is 3.69.